The summed E-state index contributed by atoms with van der Waals surface area (Å²) in [5.74, 6) is -0.876. The zero-order valence-corrected chi connectivity index (χ0v) is 7.48. The molecule has 0 unspecified atom stereocenters. The molecule has 0 aromatic heterocycles. The Morgan fingerprint density at radius 2 is 2.29 bits per heavy atom. The highest BCUT2D eigenvalue weighted by Gasteiger charge is 2.14. The molecule has 0 spiro atoms. The van der Waals surface area contributed by atoms with E-state index in [1.165, 1.54) is 13.1 Å². The smallest absolute Gasteiger partial charge is 0.305 e. The van der Waals surface area contributed by atoms with Crippen LogP contribution in [0, 0.1) is 15.9 Å². The Morgan fingerprint density at radius 3 is 2.79 bits per heavy atom. The lowest BCUT2D eigenvalue weighted by Gasteiger charge is -2.07. The number of hydrogen-bond acceptors (Lipinski definition) is 4. The SMILES string of the molecule is CN(O)Cc1ccc(F)c([N+](=O)[O-])c1. The van der Waals surface area contributed by atoms with E-state index in [4.69, 9.17) is 5.21 Å². The van der Waals surface area contributed by atoms with Crippen LogP contribution in [0.3, 0.4) is 0 Å². The molecule has 0 aliphatic rings. The molecule has 0 bridgehead atoms. The van der Waals surface area contributed by atoms with Gasteiger partial charge in [0.25, 0.3) is 0 Å². The molecule has 0 fully saturated rings. The summed E-state index contributed by atoms with van der Waals surface area (Å²) in [6.45, 7) is 0.112. The van der Waals surface area contributed by atoms with Crippen LogP contribution in [0.1, 0.15) is 5.56 Å². The van der Waals surface area contributed by atoms with E-state index in [0.29, 0.717) is 5.56 Å². The molecule has 1 N–H and O–H groups in total. The maximum atomic E-state index is 12.8. The summed E-state index contributed by atoms with van der Waals surface area (Å²) in [5, 5.41) is 20.1. The normalized spacial score (nSPS) is 10.6. The van der Waals surface area contributed by atoms with Gasteiger partial charge in [-0.2, -0.15) is 9.45 Å². The maximum absolute atomic E-state index is 12.8. The van der Waals surface area contributed by atoms with E-state index in [0.717, 1.165) is 17.2 Å². The van der Waals surface area contributed by atoms with Crippen molar-refractivity contribution in [3.8, 4) is 0 Å². The molecule has 0 heterocycles. The molecule has 0 aliphatic heterocycles. The average Bonchev–Trinajstić information content (AvgIpc) is 2.07. The molecule has 6 heteroatoms. The zero-order valence-electron chi connectivity index (χ0n) is 7.48. The first-order valence-electron chi connectivity index (χ1n) is 3.83. The Bertz CT molecular complexity index is 354. The van der Waals surface area contributed by atoms with E-state index in [2.05, 4.69) is 0 Å². The minimum Gasteiger partial charge on any atom is -0.314 e. The van der Waals surface area contributed by atoms with E-state index >= 15 is 0 Å². The van der Waals surface area contributed by atoms with Crippen LogP contribution in [0.4, 0.5) is 10.1 Å². The second-order valence-electron chi connectivity index (χ2n) is 2.86. The highest BCUT2D eigenvalue weighted by molar-refractivity contribution is 5.35. The van der Waals surface area contributed by atoms with Crippen LogP contribution in [-0.2, 0) is 6.54 Å². The number of hydrogen-bond donors (Lipinski definition) is 1. The lowest BCUT2D eigenvalue weighted by Crippen LogP contribution is -2.11. The average molecular weight is 200 g/mol. The number of rotatable bonds is 3. The van der Waals surface area contributed by atoms with Crippen LogP contribution < -0.4 is 0 Å². The topological polar surface area (TPSA) is 66.6 Å². The first kappa shape index (κ1) is 10.6. The molecule has 1 aromatic carbocycles. The molecule has 0 saturated heterocycles. The quantitative estimate of drug-likeness (QED) is 0.593. The zero-order chi connectivity index (χ0) is 10.7. The number of nitro groups is 1. The van der Waals surface area contributed by atoms with Gasteiger partial charge >= 0.3 is 5.69 Å². The standard InChI is InChI=1S/C8H9FN2O3/c1-10(12)5-6-2-3-7(9)8(4-6)11(13)14/h2-4,12H,5H2,1H3. The van der Waals surface area contributed by atoms with Crippen molar-refractivity contribution in [2.24, 2.45) is 0 Å². The molecular formula is C8H9FN2O3. The molecule has 1 rings (SSSR count). The second-order valence-corrected chi connectivity index (χ2v) is 2.86. The number of benzene rings is 1. The summed E-state index contributed by atoms with van der Waals surface area (Å²) in [5.41, 5.74) is -0.104. The lowest BCUT2D eigenvalue weighted by molar-refractivity contribution is -0.387. The van der Waals surface area contributed by atoms with Crippen molar-refractivity contribution in [1.29, 1.82) is 0 Å². The van der Waals surface area contributed by atoms with Crippen molar-refractivity contribution in [1.82, 2.24) is 5.06 Å². The summed E-state index contributed by atoms with van der Waals surface area (Å²) in [7, 11) is 1.40. The van der Waals surface area contributed by atoms with E-state index in [1.54, 1.807) is 0 Å². The van der Waals surface area contributed by atoms with Gasteiger partial charge in [-0.3, -0.25) is 10.1 Å². The third-order valence-corrected chi connectivity index (χ3v) is 1.62. The molecule has 0 atom stereocenters. The highest BCUT2D eigenvalue weighted by atomic mass is 19.1. The second kappa shape index (κ2) is 4.12. The van der Waals surface area contributed by atoms with Crippen LogP contribution in [-0.4, -0.2) is 22.2 Å². The predicted molar refractivity (Wildman–Crippen MR) is 46.3 cm³/mol. The third-order valence-electron chi connectivity index (χ3n) is 1.62. The number of hydroxylamine groups is 2. The number of nitro benzene ring substituents is 1. The monoisotopic (exact) mass is 200 g/mol. The highest BCUT2D eigenvalue weighted by Crippen LogP contribution is 2.18. The molecular weight excluding hydrogens is 191 g/mol. The molecule has 0 radical (unpaired) electrons. The van der Waals surface area contributed by atoms with Gasteiger partial charge in [-0.25, -0.2) is 0 Å². The Morgan fingerprint density at radius 1 is 1.64 bits per heavy atom. The van der Waals surface area contributed by atoms with Crippen LogP contribution in [0.25, 0.3) is 0 Å². The number of halogens is 1. The van der Waals surface area contributed by atoms with Gasteiger partial charge in [-0.15, -0.1) is 0 Å². The fourth-order valence-corrected chi connectivity index (χ4v) is 1.06. The summed E-state index contributed by atoms with van der Waals surface area (Å²) in [6, 6.07) is 3.49. The van der Waals surface area contributed by atoms with Crippen LogP contribution >= 0.6 is 0 Å². The first-order valence-corrected chi connectivity index (χ1v) is 3.83. The van der Waals surface area contributed by atoms with E-state index in [-0.39, 0.29) is 6.54 Å². The Hall–Kier alpha value is -1.53. The van der Waals surface area contributed by atoms with Crippen molar-refractivity contribution in [3.05, 3.63) is 39.7 Å². The van der Waals surface area contributed by atoms with Gasteiger partial charge in [-0.1, -0.05) is 6.07 Å². The summed E-state index contributed by atoms with van der Waals surface area (Å²) in [6.07, 6.45) is 0. The molecule has 1 aromatic rings. The van der Waals surface area contributed by atoms with Crippen LogP contribution in [0.15, 0.2) is 18.2 Å². The minimum atomic E-state index is -0.876. The van der Waals surface area contributed by atoms with Gasteiger partial charge in [0.1, 0.15) is 0 Å². The fourth-order valence-electron chi connectivity index (χ4n) is 1.06. The molecule has 0 amide bonds. The molecule has 0 aliphatic carbocycles. The fraction of sp³-hybridized carbons (Fsp3) is 0.250. The van der Waals surface area contributed by atoms with Crippen LogP contribution in [0.2, 0.25) is 0 Å². The minimum absolute atomic E-state index is 0.112. The first-order chi connectivity index (χ1) is 6.50. The molecule has 0 saturated carbocycles. The van der Waals surface area contributed by atoms with E-state index in [9.17, 15) is 14.5 Å². The predicted octanol–water partition coefficient (Wildman–Crippen LogP) is 1.55. The van der Waals surface area contributed by atoms with Gasteiger partial charge < -0.3 is 5.21 Å². The van der Waals surface area contributed by atoms with Gasteiger partial charge in [0.2, 0.25) is 5.82 Å². The van der Waals surface area contributed by atoms with Crippen molar-refractivity contribution in [2.75, 3.05) is 7.05 Å². The van der Waals surface area contributed by atoms with Crippen molar-refractivity contribution in [2.45, 2.75) is 6.54 Å². The summed E-state index contributed by atoms with van der Waals surface area (Å²) >= 11 is 0. The summed E-state index contributed by atoms with van der Waals surface area (Å²) in [4.78, 5) is 9.55. The lowest BCUT2D eigenvalue weighted by atomic mass is 10.2. The largest absolute Gasteiger partial charge is 0.314 e. The summed E-state index contributed by atoms with van der Waals surface area (Å²) < 4.78 is 12.8. The maximum Gasteiger partial charge on any atom is 0.305 e. The Labute approximate surface area is 79.5 Å². The van der Waals surface area contributed by atoms with Gasteiger partial charge in [-0.05, 0) is 11.6 Å². The molecule has 76 valence electrons. The third kappa shape index (κ3) is 2.48. The van der Waals surface area contributed by atoms with Gasteiger partial charge in [0.05, 0.1) is 4.92 Å². The van der Waals surface area contributed by atoms with E-state index in [1.807, 2.05) is 0 Å². The van der Waals surface area contributed by atoms with E-state index < -0.39 is 16.4 Å². The van der Waals surface area contributed by atoms with Gasteiger partial charge in [0, 0.05) is 19.7 Å². The number of nitrogens with zero attached hydrogens (tertiary/aromatic N) is 2. The Balaban J connectivity index is 3.00. The van der Waals surface area contributed by atoms with Gasteiger partial charge in [0.15, 0.2) is 0 Å². The Kier molecular flexibility index (Phi) is 3.10. The van der Waals surface area contributed by atoms with Crippen molar-refractivity contribution >= 4 is 5.69 Å². The van der Waals surface area contributed by atoms with Crippen molar-refractivity contribution < 1.29 is 14.5 Å². The molecule has 14 heavy (non-hydrogen) atoms. The molecule has 5 nitrogen and oxygen atoms in total. The van der Waals surface area contributed by atoms with Crippen molar-refractivity contribution in [3.63, 3.8) is 0 Å². The van der Waals surface area contributed by atoms with Crippen LogP contribution in [0.5, 0.6) is 0 Å².